The summed E-state index contributed by atoms with van der Waals surface area (Å²) in [5.41, 5.74) is 11.7. The van der Waals surface area contributed by atoms with Crippen LogP contribution in [0.2, 0.25) is 5.02 Å². The van der Waals surface area contributed by atoms with Crippen molar-refractivity contribution < 1.29 is 0 Å². The van der Waals surface area contributed by atoms with Gasteiger partial charge in [0.15, 0.2) is 5.16 Å². The van der Waals surface area contributed by atoms with Crippen molar-refractivity contribution >= 4 is 62.5 Å². The molecule has 0 saturated carbocycles. The van der Waals surface area contributed by atoms with Gasteiger partial charge in [0, 0.05) is 20.9 Å². The summed E-state index contributed by atoms with van der Waals surface area (Å²) in [6.45, 7) is 0. The average molecular weight is 532 g/mol. The van der Waals surface area contributed by atoms with Crippen LogP contribution in [-0.2, 0) is 12.2 Å². The van der Waals surface area contributed by atoms with Crippen molar-refractivity contribution in [3.63, 3.8) is 0 Å². The molecule has 0 fully saturated rings. The summed E-state index contributed by atoms with van der Waals surface area (Å²) in [6, 6.07) is 29.4. The van der Waals surface area contributed by atoms with Gasteiger partial charge < -0.3 is 5.73 Å². The number of thiophene rings is 1. The van der Waals surface area contributed by atoms with Crippen molar-refractivity contribution in [2.24, 2.45) is 0 Å². The first-order valence-corrected chi connectivity index (χ1v) is 14.5. The summed E-state index contributed by atoms with van der Waals surface area (Å²) >= 11 is 11.4. The molecule has 2 atom stereocenters. The molecule has 0 aliphatic carbocycles. The summed E-state index contributed by atoms with van der Waals surface area (Å²) in [5, 5.41) is 3.08. The van der Waals surface area contributed by atoms with E-state index in [4.69, 9.17) is 27.3 Å². The zero-order valence-corrected chi connectivity index (χ0v) is 21.9. The lowest BCUT2D eigenvalue weighted by Gasteiger charge is -2.30. The molecule has 5 aromatic rings. The maximum atomic E-state index is 6.60. The third-order valence-electron chi connectivity index (χ3n) is 6.17. The Labute approximate surface area is 222 Å². The lowest BCUT2D eigenvalue weighted by Crippen LogP contribution is -2.12. The van der Waals surface area contributed by atoms with Gasteiger partial charge in [0.2, 0.25) is 0 Å². The number of rotatable bonds is 5. The number of fused-ring (bicyclic) bond motifs is 3. The minimum atomic E-state index is 0.244. The largest absolute Gasteiger partial charge is 0.383 e. The topological polar surface area (TPSA) is 51.8 Å². The molecule has 7 heteroatoms. The fourth-order valence-corrected chi connectivity index (χ4v) is 8.48. The first-order chi connectivity index (χ1) is 17.2. The second-order valence-corrected chi connectivity index (χ2v) is 12.2. The highest BCUT2D eigenvalue weighted by molar-refractivity contribution is 8.00. The van der Waals surface area contributed by atoms with Crippen LogP contribution in [0, 0.1) is 0 Å². The zero-order chi connectivity index (χ0) is 23.8. The van der Waals surface area contributed by atoms with E-state index in [2.05, 4.69) is 60.7 Å². The number of anilines is 1. The van der Waals surface area contributed by atoms with Crippen LogP contribution in [0.3, 0.4) is 0 Å². The lowest BCUT2D eigenvalue weighted by molar-refractivity contribution is 0.893. The number of aromatic nitrogens is 2. The number of hydrogen-bond donors (Lipinski definition) is 1. The van der Waals surface area contributed by atoms with Crippen molar-refractivity contribution in [3.05, 3.63) is 117 Å². The van der Waals surface area contributed by atoms with Gasteiger partial charge in [0.25, 0.3) is 0 Å². The SMILES string of the molecule is Nc1nc(SCc2ccc(Cl)cc2)nc2sc3c(c12)C[C@@H](c1ccccc1)S[C@@H]3c1ccccc1. The Hall–Kier alpha value is -2.51. The average Bonchev–Trinajstić information content (AvgIpc) is 3.28. The molecule has 0 spiro atoms. The number of nitrogen functional groups attached to an aromatic ring is 1. The molecule has 0 saturated heterocycles. The van der Waals surface area contributed by atoms with E-state index < -0.39 is 0 Å². The van der Waals surface area contributed by atoms with Gasteiger partial charge in [0.05, 0.1) is 10.6 Å². The minimum absolute atomic E-state index is 0.244. The van der Waals surface area contributed by atoms with Gasteiger partial charge in [-0.1, -0.05) is 96.2 Å². The first kappa shape index (κ1) is 22.9. The van der Waals surface area contributed by atoms with Gasteiger partial charge in [-0.05, 0) is 40.8 Å². The molecule has 0 amide bonds. The van der Waals surface area contributed by atoms with Crippen LogP contribution >= 0.6 is 46.5 Å². The molecule has 35 heavy (non-hydrogen) atoms. The van der Waals surface area contributed by atoms with Crippen LogP contribution in [0.4, 0.5) is 5.82 Å². The van der Waals surface area contributed by atoms with Crippen molar-refractivity contribution in [1.82, 2.24) is 9.97 Å². The molecule has 0 bridgehead atoms. The third kappa shape index (κ3) is 4.68. The Bertz CT molecular complexity index is 1470. The van der Waals surface area contributed by atoms with Crippen LogP contribution in [0.5, 0.6) is 0 Å². The predicted octanol–water partition coefficient (Wildman–Crippen LogP) is 8.34. The molecule has 3 heterocycles. The Morgan fingerprint density at radius 2 is 1.57 bits per heavy atom. The van der Waals surface area contributed by atoms with Crippen molar-refractivity contribution in [3.8, 4) is 0 Å². The van der Waals surface area contributed by atoms with Crippen molar-refractivity contribution in [2.75, 3.05) is 5.73 Å². The second kappa shape index (κ2) is 9.86. The number of nitrogens with zero attached hydrogens (tertiary/aromatic N) is 2. The fourth-order valence-electron chi connectivity index (χ4n) is 4.47. The molecule has 2 N–H and O–H groups in total. The lowest BCUT2D eigenvalue weighted by atomic mass is 9.98. The van der Waals surface area contributed by atoms with Crippen molar-refractivity contribution in [1.29, 1.82) is 0 Å². The van der Waals surface area contributed by atoms with Crippen molar-refractivity contribution in [2.45, 2.75) is 27.8 Å². The fraction of sp³-hybridized carbons (Fsp3) is 0.143. The summed E-state index contributed by atoms with van der Waals surface area (Å²) in [5.74, 6) is 1.35. The van der Waals surface area contributed by atoms with E-state index in [-0.39, 0.29) is 5.25 Å². The number of benzene rings is 3. The molecule has 3 aromatic carbocycles. The standard InChI is InChI=1S/C28H22ClN3S3/c29-20-13-11-17(12-14-20)16-33-28-31-26(30)23-21-15-22(18-7-3-1-4-8-18)34-24(19-9-5-2-6-10-19)25(21)35-27(23)32-28/h1-14,22,24H,15-16H2,(H2,30,31,32)/t22-,24+/m0/s1. The molecule has 0 radical (unpaired) electrons. The van der Waals surface area contributed by atoms with Crippen LogP contribution < -0.4 is 5.73 Å². The molecule has 3 nitrogen and oxygen atoms in total. The van der Waals surface area contributed by atoms with Gasteiger partial charge >= 0.3 is 0 Å². The van der Waals surface area contributed by atoms with Gasteiger partial charge in [-0.15, -0.1) is 23.1 Å². The molecule has 1 aliphatic rings. The van der Waals surface area contributed by atoms with Gasteiger partial charge in [-0.2, -0.15) is 0 Å². The van der Waals surface area contributed by atoms with E-state index >= 15 is 0 Å². The maximum Gasteiger partial charge on any atom is 0.191 e. The summed E-state index contributed by atoms with van der Waals surface area (Å²) in [7, 11) is 0. The summed E-state index contributed by atoms with van der Waals surface area (Å²) in [6.07, 6.45) is 0.929. The van der Waals surface area contributed by atoms with Crippen LogP contribution in [0.1, 0.15) is 37.6 Å². The van der Waals surface area contributed by atoms with Crippen LogP contribution in [0.15, 0.2) is 90.1 Å². The monoisotopic (exact) mass is 531 g/mol. The normalized spacial score (nSPS) is 17.4. The molecule has 2 aromatic heterocycles. The molecule has 0 unspecified atom stereocenters. The van der Waals surface area contributed by atoms with Gasteiger partial charge in [-0.3, -0.25) is 0 Å². The zero-order valence-electron chi connectivity index (χ0n) is 18.7. The Kier molecular flexibility index (Phi) is 6.46. The van der Waals surface area contributed by atoms with E-state index in [1.165, 1.54) is 27.1 Å². The quantitative estimate of drug-likeness (QED) is 0.182. The van der Waals surface area contributed by atoms with E-state index in [9.17, 15) is 0 Å². The van der Waals surface area contributed by atoms with E-state index in [0.29, 0.717) is 16.2 Å². The smallest absolute Gasteiger partial charge is 0.191 e. The second-order valence-electron chi connectivity index (χ2n) is 8.46. The van der Waals surface area contributed by atoms with E-state index in [1.807, 2.05) is 36.0 Å². The maximum absolute atomic E-state index is 6.60. The van der Waals surface area contributed by atoms with Gasteiger partial charge in [0.1, 0.15) is 10.6 Å². The molecule has 174 valence electrons. The summed E-state index contributed by atoms with van der Waals surface area (Å²) in [4.78, 5) is 12.0. The van der Waals surface area contributed by atoms with E-state index in [1.54, 1.807) is 23.1 Å². The minimum Gasteiger partial charge on any atom is -0.383 e. The molecule has 1 aliphatic heterocycles. The number of hydrogen-bond acceptors (Lipinski definition) is 6. The summed E-state index contributed by atoms with van der Waals surface area (Å²) < 4.78 is 0. The molecular weight excluding hydrogens is 510 g/mol. The van der Waals surface area contributed by atoms with E-state index in [0.717, 1.165) is 27.4 Å². The number of halogens is 1. The highest BCUT2D eigenvalue weighted by atomic mass is 35.5. The number of thioether (sulfide) groups is 2. The Balaban J connectivity index is 1.39. The first-order valence-electron chi connectivity index (χ1n) is 11.4. The number of nitrogens with two attached hydrogens (primary N) is 1. The Morgan fingerprint density at radius 1 is 0.886 bits per heavy atom. The predicted molar refractivity (Wildman–Crippen MR) is 152 cm³/mol. The molecular formula is C28H22ClN3S3. The highest BCUT2D eigenvalue weighted by Gasteiger charge is 2.34. The van der Waals surface area contributed by atoms with Crippen LogP contribution in [-0.4, -0.2) is 9.97 Å². The molecule has 6 rings (SSSR count). The van der Waals surface area contributed by atoms with Crippen LogP contribution in [0.25, 0.3) is 10.2 Å². The highest BCUT2D eigenvalue weighted by Crippen LogP contribution is 2.55. The Morgan fingerprint density at radius 3 is 2.29 bits per heavy atom. The third-order valence-corrected chi connectivity index (χ3v) is 10.2. The van der Waals surface area contributed by atoms with Gasteiger partial charge in [-0.25, -0.2) is 9.97 Å².